The van der Waals surface area contributed by atoms with Crippen molar-refractivity contribution < 1.29 is 14.3 Å². The number of hydrogen-bond donors (Lipinski definition) is 0. The maximum absolute atomic E-state index is 13.5. The molecule has 0 radical (unpaired) electrons. The zero-order valence-electron chi connectivity index (χ0n) is 19.5. The highest BCUT2D eigenvalue weighted by molar-refractivity contribution is 7.10. The van der Waals surface area contributed by atoms with Crippen LogP contribution in [0.25, 0.3) is 0 Å². The molecule has 0 saturated heterocycles. The van der Waals surface area contributed by atoms with Gasteiger partial charge in [0.05, 0.1) is 6.04 Å². The van der Waals surface area contributed by atoms with Crippen molar-refractivity contribution in [3.8, 4) is 5.75 Å². The van der Waals surface area contributed by atoms with Gasteiger partial charge in [-0.15, -0.1) is 11.3 Å². The maximum Gasteiger partial charge on any atom is 0.254 e. The highest BCUT2D eigenvalue weighted by Crippen LogP contribution is 2.34. The highest BCUT2D eigenvalue weighted by Gasteiger charge is 2.33. The van der Waals surface area contributed by atoms with Gasteiger partial charge in [-0.1, -0.05) is 42.3 Å². The number of benzene rings is 2. The molecular formula is C27H29ClN2O3S. The molecule has 0 spiro atoms. The van der Waals surface area contributed by atoms with Crippen LogP contribution in [0.1, 0.15) is 45.7 Å². The predicted molar refractivity (Wildman–Crippen MR) is 137 cm³/mol. The van der Waals surface area contributed by atoms with Gasteiger partial charge < -0.3 is 14.5 Å². The van der Waals surface area contributed by atoms with E-state index in [0.29, 0.717) is 30.3 Å². The number of carbonyl (C=O) groups is 2. The molecule has 4 rings (SSSR count). The largest absolute Gasteiger partial charge is 0.491 e. The lowest BCUT2D eigenvalue weighted by Gasteiger charge is -2.37. The zero-order chi connectivity index (χ0) is 24.1. The van der Waals surface area contributed by atoms with Crippen molar-refractivity contribution in [1.82, 2.24) is 9.80 Å². The Hall–Kier alpha value is -2.83. The topological polar surface area (TPSA) is 49.9 Å². The van der Waals surface area contributed by atoms with E-state index in [1.54, 1.807) is 40.5 Å². The van der Waals surface area contributed by atoms with Gasteiger partial charge in [-0.3, -0.25) is 9.59 Å². The first kappa shape index (κ1) is 24.3. The van der Waals surface area contributed by atoms with Gasteiger partial charge in [0, 0.05) is 28.6 Å². The van der Waals surface area contributed by atoms with Crippen molar-refractivity contribution >= 4 is 34.8 Å². The standard InChI is InChI=1S/C27H29ClN2O3S/c1-3-13-29(27(32)20-5-4-6-21(28)16-20)17-26(31)30-14-11-25-23(12-15-34-25)24(30)18-33-22-9-7-19(2)8-10-22/h4-10,12,15-16,24H,3,11,13-14,17-18H2,1-2H3/t24-/m0/s1. The molecule has 2 aromatic carbocycles. The Morgan fingerprint density at radius 2 is 1.97 bits per heavy atom. The third kappa shape index (κ3) is 5.62. The summed E-state index contributed by atoms with van der Waals surface area (Å²) >= 11 is 7.81. The van der Waals surface area contributed by atoms with Crippen LogP contribution in [0.3, 0.4) is 0 Å². The highest BCUT2D eigenvalue weighted by atomic mass is 35.5. The first-order valence-electron chi connectivity index (χ1n) is 11.6. The fraction of sp³-hybridized carbons (Fsp3) is 0.333. The Bertz CT molecular complexity index is 1140. The predicted octanol–water partition coefficient (Wildman–Crippen LogP) is 5.77. The van der Waals surface area contributed by atoms with Crippen LogP contribution in [0, 0.1) is 6.92 Å². The Morgan fingerprint density at radius 1 is 1.18 bits per heavy atom. The minimum atomic E-state index is -0.187. The van der Waals surface area contributed by atoms with E-state index in [-0.39, 0.29) is 24.4 Å². The third-order valence-corrected chi connectivity index (χ3v) is 7.25. The molecule has 0 aliphatic carbocycles. The average Bonchev–Trinajstić information content (AvgIpc) is 3.32. The van der Waals surface area contributed by atoms with Gasteiger partial charge in [-0.2, -0.15) is 0 Å². The van der Waals surface area contributed by atoms with Crippen LogP contribution < -0.4 is 4.74 Å². The molecule has 2 heterocycles. The summed E-state index contributed by atoms with van der Waals surface area (Å²) in [7, 11) is 0. The molecule has 1 aliphatic heterocycles. The molecule has 2 amide bonds. The molecule has 7 heteroatoms. The van der Waals surface area contributed by atoms with Crippen molar-refractivity contribution in [3.63, 3.8) is 0 Å². The number of halogens is 1. The van der Waals surface area contributed by atoms with Gasteiger partial charge in [-0.25, -0.2) is 0 Å². The number of ether oxygens (including phenoxy) is 1. The smallest absolute Gasteiger partial charge is 0.254 e. The quantitative estimate of drug-likeness (QED) is 0.398. The molecule has 0 N–H and O–H groups in total. The van der Waals surface area contributed by atoms with Crippen molar-refractivity contribution in [2.24, 2.45) is 0 Å². The fourth-order valence-corrected chi connectivity index (χ4v) is 5.38. The van der Waals surface area contributed by atoms with Crippen molar-refractivity contribution in [2.75, 3.05) is 26.2 Å². The van der Waals surface area contributed by atoms with E-state index in [4.69, 9.17) is 16.3 Å². The maximum atomic E-state index is 13.5. The lowest BCUT2D eigenvalue weighted by molar-refractivity contribution is -0.135. The lowest BCUT2D eigenvalue weighted by Crippen LogP contribution is -2.48. The molecule has 34 heavy (non-hydrogen) atoms. The number of amides is 2. The normalized spacial score (nSPS) is 15.0. The molecule has 1 aliphatic rings. The number of aryl methyl sites for hydroxylation is 1. The van der Waals surface area contributed by atoms with Crippen LogP contribution in [0.15, 0.2) is 60.0 Å². The van der Waals surface area contributed by atoms with E-state index in [9.17, 15) is 9.59 Å². The minimum Gasteiger partial charge on any atom is -0.491 e. The molecule has 5 nitrogen and oxygen atoms in total. The van der Waals surface area contributed by atoms with Crippen LogP contribution in [0.4, 0.5) is 0 Å². The summed E-state index contributed by atoms with van der Waals surface area (Å²) in [5, 5.41) is 2.58. The summed E-state index contributed by atoms with van der Waals surface area (Å²) in [6.45, 7) is 5.54. The van der Waals surface area contributed by atoms with Crippen LogP contribution in [-0.2, 0) is 11.2 Å². The molecule has 0 bridgehead atoms. The molecule has 0 fully saturated rings. The second-order valence-corrected chi connectivity index (χ2v) is 9.95. The average molecular weight is 497 g/mol. The second kappa shape index (κ2) is 11.1. The summed E-state index contributed by atoms with van der Waals surface area (Å²) in [6.07, 6.45) is 1.57. The van der Waals surface area contributed by atoms with Gasteiger partial charge >= 0.3 is 0 Å². The number of thiophene rings is 1. The van der Waals surface area contributed by atoms with E-state index in [0.717, 1.165) is 24.2 Å². The molecule has 178 valence electrons. The van der Waals surface area contributed by atoms with Crippen LogP contribution in [0.2, 0.25) is 5.02 Å². The van der Waals surface area contributed by atoms with Gasteiger partial charge in [0.1, 0.15) is 18.9 Å². The number of nitrogens with zero attached hydrogens (tertiary/aromatic N) is 2. The van der Waals surface area contributed by atoms with E-state index >= 15 is 0 Å². The SMILES string of the molecule is CCCN(CC(=O)N1CCc2sccc2[C@@H]1COc1ccc(C)cc1)C(=O)c1cccc(Cl)c1. The van der Waals surface area contributed by atoms with E-state index in [1.807, 2.05) is 43.0 Å². The first-order valence-corrected chi connectivity index (χ1v) is 12.8. The Balaban J connectivity index is 1.51. The Morgan fingerprint density at radius 3 is 2.71 bits per heavy atom. The molecule has 1 atom stereocenters. The van der Waals surface area contributed by atoms with Gasteiger partial charge in [-0.05, 0) is 67.1 Å². The fourth-order valence-electron chi connectivity index (χ4n) is 4.26. The summed E-state index contributed by atoms with van der Waals surface area (Å²) < 4.78 is 6.11. The third-order valence-electron chi connectivity index (χ3n) is 6.02. The minimum absolute atomic E-state index is 0.0275. The Labute approximate surface area is 209 Å². The number of carbonyl (C=O) groups excluding carboxylic acids is 2. The Kier molecular flexibility index (Phi) is 7.91. The van der Waals surface area contributed by atoms with E-state index < -0.39 is 0 Å². The molecule has 3 aromatic rings. The molecule has 0 saturated carbocycles. The van der Waals surface area contributed by atoms with Gasteiger partial charge in [0.15, 0.2) is 0 Å². The second-order valence-electron chi connectivity index (χ2n) is 8.51. The summed E-state index contributed by atoms with van der Waals surface area (Å²) in [4.78, 5) is 31.5. The molecular weight excluding hydrogens is 468 g/mol. The number of hydrogen-bond acceptors (Lipinski definition) is 4. The van der Waals surface area contributed by atoms with Crippen LogP contribution in [-0.4, -0.2) is 47.9 Å². The zero-order valence-corrected chi connectivity index (χ0v) is 21.1. The first-order chi connectivity index (χ1) is 16.5. The summed E-state index contributed by atoms with van der Waals surface area (Å²) in [6, 6.07) is 16.7. The van der Waals surface area contributed by atoms with Crippen molar-refractivity contribution in [1.29, 1.82) is 0 Å². The monoisotopic (exact) mass is 496 g/mol. The summed E-state index contributed by atoms with van der Waals surface area (Å²) in [5.74, 6) is 0.528. The van der Waals surface area contributed by atoms with Crippen LogP contribution in [0.5, 0.6) is 5.75 Å². The van der Waals surface area contributed by atoms with Gasteiger partial charge in [0.25, 0.3) is 5.91 Å². The molecule has 1 aromatic heterocycles. The number of rotatable bonds is 8. The van der Waals surface area contributed by atoms with Crippen molar-refractivity contribution in [2.45, 2.75) is 32.7 Å². The summed E-state index contributed by atoms with van der Waals surface area (Å²) in [5.41, 5.74) is 2.80. The van der Waals surface area contributed by atoms with E-state index in [1.165, 1.54) is 10.4 Å². The van der Waals surface area contributed by atoms with Crippen molar-refractivity contribution in [3.05, 3.63) is 86.6 Å². The molecule has 0 unspecified atom stereocenters. The number of fused-ring (bicyclic) bond motifs is 1. The van der Waals surface area contributed by atoms with Gasteiger partial charge in [0.2, 0.25) is 5.91 Å². The lowest BCUT2D eigenvalue weighted by atomic mass is 10.0. The van der Waals surface area contributed by atoms with Crippen LogP contribution >= 0.6 is 22.9 Å². The van der Waals surface area contributed by atoms with E-state index in [2.05, 4.69) is 11.4 Å².